The summed E-state index contributed by atoms with van der Waals surface area (Å²) in [7, 11) is 4.86. The molecule has 4 aromatic rings. The van der Waals surface area contributed by atoms with Crippen molar-refractivity contribution < 1.29 is 23.7 Å². The maximum atomic E-state index is 13.1. The second kappa shape index (κ2) is 10.7. The van der Waals surface area contributed by atoms with Gasteiger partial charge >= 0.3 is 0 Å². The normalized spacial score (nSPS) is 13.3. The van der Waals surface area contributed by atoms with Crippen LogP contribution >= 0.6 is 0 Å². The molecule has 8 nitrogen and oxygen atoms in total. The van der Waals surface area contributed by atoms with Crippen LogP contribution in [0.2, 0.25) is 0 Å². The smallest absolute Gasteiger partial charge is 0.254 e. The maximum absolute atomic E-state index is 13.1. The van der Waals surface area contributed by atoms with E-state index in [4.69, 9.17) is 18.9 Å². The van der Waals surface area contributed by atoms with Crippen LogP contribution in [0, 0.1) is 0 Å². The van der Waals surface area contributed by atoms with Crippen LogP contribution in [0.15, 0.2) is 73.1 Å². The zero-order valence-corrected chi connectivity index (χ0v) is 21.1. The number of amides is 1. The van der Waals surface area contributed by atoms with Crippen LogP contribution < -0.4 is 18.9 Å². The third-order valence-electron chi connectivity index (χ3n) is 6.43. The maximum Gasteiger partial charge on any atom is 0.254 e. The first-order chi connectivity index (χ1) is 18.1. The molecular formula is C29H29N3O5. The van der Waals surface area contributed by atoms with E-state index < -0.39 is 0 Å². The highest BCUT2D eigenvalue weighted by molar-refractivity contribution is 5.95. The number of carbonyl (C=O) groups excluding carboxylic acids is 1. The van der Waals surface area contributed by atoms with Gasteiger partial charge in [0.25, 0.3) is 5.91 Å². The van der Waals surface area contributed by atoms with Gasteiger partial charge in [0.05, 0.1) is 32.6 Å². The van der Waals surface area contributed by atoms with E-state index in [1.54, 1.807) is 33.5 Å². The highest BCUT2D eigenvalue weighted by Crippen LogP contribution is 2.41. The molecule has 37 heavy (non-hydrogen) atoms. The Labute approximate surface area is 215 Å². The number of methoxy groups -OCH3 is 3. The molecule has 0 unspecified atom stereocenters. The number of nitrogens with zero attached hydrogens (tertiary/aromatic N) is 3. The van der Waals surface area contributed by atoms with E-state index in [2.05, 4.69) is 11.1 Å². The van der Waals surface area contributed by atoms with Gasteiger partial charge in [-0.25, -0.2) is 4.98 Å². The average Bonchev–Trinajstić information content (AvgIpc) is 3.38. The first-order valence-corrected chi connectivity index (χ1v) is 12.0. The van der Waals surface area contributed by atoms with E-state index >= 15 is 0 Å². The molecule has 1 aliphatic rings. The summed E-state index contributed by atoms with van der Waals surface area (Å²) < 4.78 is 24.4. The van der Waals surface area contributed by atoms with Crippen molar-refractivity contribution in [2.24, 2.45) is 0 Å². The summed E-state index contributed by atoms with van der Waals surface area (Å²) in [5, 5.41) is 0. The van der Waals surface area contributed by atoms with Gasteiger partial charge in [-0.1, -0.05) is 12.1 Å². The fourth-order valence-corrected chi connectivity index (χ4v) is 4.49. The number of imidazole rings is 1. The van der Waals surface area contributed by atoms with Crippen molar-refractivity contribution in [1.29, 1.82) is 0 Å². The molecule has 0 fully saturated rings. The van der Waals surface area contributed by atoms with Crippen molar-refractivity contribution in [3.8, 4) is 23.0 Å². The monoisotopic (exact) mass is 499 g/mol. The molecule has 0 aliphatic carbocycles. The second-order valence-corrected chi connectivity index (χ2v) is 8.65. The fraction of sp³-hybridized carbons (Fsp3) is 0.241. The standard InChI is InChI=1S/C29H29N3O5/c1-34-24-16-25(35-2)28(26(17-24)36-3)20-11-14-31(15-12-20)29(33)21-7-9-23(10-8-21)37-19-22-18-32-13-5-4-6-27(32)30-22/h4-11,13,16-18H,12,14-15,19H2,1-3H3. The number of fused-ring (bicyclic) bond motifs is 1. The van der Waals surface area contributed by atoms with Crippen molar-refractivity contribution in [2.75, 3.05) is 34.4 Å². The number of ether oxygens (including phenoxy) is 4. The summed E-state index contributed by atoms with van der Waals surface area (Å²) in [6.07, 6.45) is 6.64. The molecule has 0 bridgehead atoms. The third kappa shape index (κ3) is 5.09. The summed E-state index contributed by atoms with van der Waals surface area (Å²) in [5.41, 5.74) is 4.31. The first kappa shape index (κ1) is 24.2. The lowest BCUT2D eigenvalue weighted by Crippen LogP contribution is -2.34. The predicted octanol–water partition coefficient (Wildman–Crippen LogP) is 4.87. The molecular weight excluding hydrogens is 470 g/mol. The lowest BCUT2D eigenvalue weighted by molar-refractivity contribution is 0.0773. The van der Waals surface area contributed by atoms with Crippen LogP contribution in [0.1, 0.15) is 28.0 Å². The number of hydrogen-bond donors (Lipinski definition) is 0. The first-order valence-electron chi connectivity index (χ1n) is 12.0. The summed E-state index contributed by atoms with van der Waals surface area (Å²) in [6, 6.07) is 16.8. The quantitative estimate of drug-likeness (QED) is 0.344. The molecule has 2 aromatic heterocycles. The van der Waals surface area contributed by atoms with E-state index in [9.17, 15) is 4.79 Å². The summed E-state index contributed by atoms with van der Waals surface area (Å²) in [5.74, 6) is 2.70. The second-order valence-electron chi connectivity index (χ2n) is 8.65. The Balaban J connectivity index is 1.23. The van der Waals surface area contributed by atoms with Gasteiger partial charge < -0.3 is 28.2 Å². The SMILES string of the molecule is COc1cc(OC)c(C2=CCN(C(=O)c3ccc(OCc4cn5ccccc5n4)cc3)CC2)c(OC)c1. The molecule has 8 heteroatoms. The molecule has 1 aliphatic heterocycles. The van der Waals surface area contributed by atoms with Crippen LogP contribution in [0.5, 0.6) is 23.0 Å². The average molecular weight is 500 g/mol. The van der Waals surface area contributed by atoms with Gasteiger partial charge in [0.15, 0.2) is 0 Å². The Hall–Kier alpha value is -4.46. The molecule has 5 rings (SSSR count). The Bertz CT molecular complexity index is 1380. The summed E-state index contributed by atoms with van der Waals surface area (Å²) in [6.45, 7) is 1.45. The zero-order valence-electron chi connectivity index (χ0n) is 21.1. The largest absolute Gasteiger partial charge is 0.496 e. The molecule has 0 radical (unpaired) electrons. The Morgan fingerprint density at radius 3 is 2.32 bits per heavy atom. The predicted molar refractivity (Wildman–Crippen MR) is 141 cm³/mol. The minimum atomic E-state index is -0.0177. The third-order valence-corrected chi connectivity index (χ3v) is 6.43. The van der Waals surface area contributed by atoms with Gasteiger partial charge in [-0.05, 0) is 48.4 Å². The highest BCUT2D eigenvalue weighted by Gasteiger charge is 2.23. The van der Waals surface area contributed by atoms with Gasteiger partial charge in [-0.15, -0.1) is 0 Å². The van der Waals surface area contributed by atoms with E-state index in [0.717, 1.165) is 22.5 Å². The summed E-state index contributed by atoms with van der Waals surface area (Å²) in [4.78, 5) is 19.5. The van der Waals surface area contributed by atoms with Crippen molar-refractivity contribution in [3.05, 3.63) is 89.9 Å². The number of pyridine rings is 1. The van der Waals surface area contributed by atoms with E-state index in [1.165, 1.54) is 0 Å². The number of aromatic nitrogens is 2. The van der Waals surface area contributed by atoms with Crippen LogP contribution in [0.25, 0.3) is 11.2 Å². The van der Waals surface area contributed by atoms with Gasteiger partial charge in [0, 0.05) is 43.2 Å². The highest BCUT2D eigenvalue weighted by atomic mass is 16.5. The fourth-order valence-electron chi connectivity index (χ4n) is 4.49. The molecule has 0 saturated heterocycles. The van der Waals surface area contributed by atoms with Crippen molar-refractivity contribution in [1.82, 2.24) is 14.3 Å². The van der Waals surface area contributed by atoms with E-state index in [-0.39, 0.29) is 5.91 Å². The molecule has 190 valence electrons. The van der Waals surface area contributed by atoms with E-state index in [1.807, 2.05) is 64.2 Å². The van der Waals surface area contributed by atoms with Gasteiger partial charge in [0.2, 0.25) is 0 Å². The van der Waals surface area contributed by atoms with Crippen LogP contribution in [-0.2, 0) is 6.61 Å². The van der Waals surface area contributed by atoms with Crippen molar-refractivity contribution in [3.63, 3.8) is 0 Å². The lowest BCUT2D eigenvalue weighted by Gasteiger charge is -2.28. The molecule has 3 heterocycles. The number of benzene rings is 2. The molecule has 0 N–H and O–H groups in total. The van der Waals surface area contributed by atoms with Crippen LogP contribution in [0.3, 0.4) is 0 Å². The Morgan fingerprint density at radius 2 is 1.70 bits per heavy atom. The molecule has 0 atom stereocenters. The van der Waals surface area contributed by atoms with Gasteiger partial charge in [-0.2, -0.15) is 0 Å². The number of hydrogen-bond acceptors (Lipinski definition) is 6. The topological polar surface area (TPSA) is 74.5 Å². The number of carbonyl (C=O) groups is 1. The molecule has 0 saturated carbocycles. The van der Waals surface area contributed by atoms with Crippen LogP contribution in [-0.4, -0.2) is 54.6 Å². The minimum absolute atomic E-state index is 0.0177. The molecule has 0 spiro atoms. The number of rotatable bonds is 8. The van der Waals surface area contributed by atoms with Gasteiger partial charge in [0.1, 0.15) is 35.3 Å². The van der Waals surface area contributed by atoms with Crippen molar-refractivity contribution >= 4 is 17.1 Å². The Morgan fingerprint density at radius 1 is 0.946 bits per heavy atom. The Kier molecular flexibility index (Phi) is 6.98. The van der Waals surface area contributed by atoms with E-state index in [0.29, 0.717) is 54.7 Å². The zero-order chi connectivity index (χ0) is 25.8. The van der Waals surface area contributed by atoms with Crippen LogP contribution in [0.4, 0.5) is 0 Å². The van der Waals surface area contributed by atoms with Crippen molar-refractivity contribution in [2.45, 2.75) is 13.0 Å². The summed E-state index contributed by atoms with van der Waals surface area (Å²) >= 11 is 0. The minimum Gasteiger partial charge on any atom is -0.496 e. The van der Waals surface area contributed by atoms with Gasteiger partial charge in [-0.3, -0.25) is 4.79 Å². The molecule has 2 aromatic carbocycles. The molecule has 1 amide bonds. The lowest BCUT2D eigenvalue weighted by atomic mass is 9.96.